The first-order chi connectivity index (χ1) is 7.65. The summed E-state index contributed by atoms with van der Waals surface area (Å²) in [6.07, 6.45) is 1.98. The van der Waals surface area contributed by atoms with Crippen molar-refractivity contribution in [2.45, 2.75) is 51.0 Å². The molecule has 0 N–H and O–H groups in total. The highest BCUT2D eigenvalue weighted by molar-refractivity contribution is 7.98. The highest BCUT2D eigenvalue weighted by Crippen LogP contribution is 2.37. The van der Waals surface area contributed by atoms with Gasteiger partial charge in [-0.15, -0.1) is 0 Å². The minimum atomic E-state index is -1.80. The number of nitrogens with zero attached hydrogens (tertiary/aromatic N) is 2. The maximum absolute atomic E-state index is 6.16. The van der Waals surface area contributed by atoms with Gasteiger partial charge in [-0.05, 0) is 31.3 Å². The van der Waals surface area contributed by atoms with Crippen LogP contribution in [0.3, 0.4) is 0 Å². The molecule has 1 heterocycles. The lowest BCUT2D eigenvalue weighted by atomic mass is 10.2. The molecule has 0 saturated carbocycles. The van der Waals surface area contributed by atoms with Crippen LogP contribution in [0.25, 0.3) is 0 Å². The molecular formula is C12H22N2OSSi. The first-order valence-electron chi connectivity index (χ1n) is 5.74. The predicted molar refractivity (Wildman–Crippen MR) is 76.4 cm³/mol. The molecule has 1 aromatic heterocycles. The van der Waals surface area contributed by atoms with Crippen LogP contribution in [-0.4, -0.2) is 24.5 Å². The van der Waals surface area contributed by atoms with Gasteiger partial charge < -0.3 is 4.43 Å². The fraction of sp³-hybridized carbons (Fsp3) is 0.667. The Balaban J connectivity index is 2.99. The van der Waals surface area contributed by atoms with Crippen LogP contribution in [0.5, 0.6) is 5.88 Å². The van der Waals surface area contributed by atoms with Crippen molar-refractivity contribution in [3.63, 3.8) is 0 Å². The topological polar surface area (TPSA) is 35.0 Å². The van der Waals surface area contributed by atoms with Crippen LogP contribution in [0.4, 0.5) is 0 Å². The second-order valence-electron chi connectivity index (χ2n) is 5.70. The monoisotopic (exact) mass is 270 g/mol. The van der Waals surface area contributed by atoms with Gasteiger partial charge in [0, 0.05) is 11.8 Å². The lowest BCUT2D eigenvalue weighted by molar-refractivity contribution is 0.469. The van der Waals surface area contributed by atoms with Crippen LogP contribution in [0.1, 0.15) is 26.5 Å². The summed E-state index contributed by atoms with van der Waals surface area (Å²) in [6, 6.07) is 1.92. The normalized spacial score (nSPS) is 12.6. The van der Waals surface area contributed by atoms with Gasteiger partial charge >= 0.3 is 0 Å². The molecule has 0 unspecified atom stereocenters. The van der Waals surface area contributed by atoms with Crippen LogP contribution in [-0.2, 0) is 0 Å². The Morgan fingerprint density at radius 3 is 2.29 bits per heavy atom. The van der Waals surface area contributed by atoms with E-state index < -0.39 is 8.32 Å². The zero-order valence-corrected chi connectivity index (χ0v) is 13.6. The van der Waals surface area contributed by atoms with E-state index in [-0.39, 0.29) is 5.04 Å². The van der Waals surface area contributed by atoms with E-state index >= 15 is 0 Å². The number of hydrogen-bond donors (Lipinski definition) is 0. The summed E-state index contributed by atoms with van der Waals surface area (Å²) in [5, 5.41) is 0.962. The Labute approximate surface area is 110 Å². The highest BCUT2D eigenvalue weighted by atomic mass is 32.2. The summed E-state index contributed by atoms with van der Waals surface area (Å²) in [5.74, 6) is 0.716. The van der Waals surface area contributed by atoms with E-state index in [0.29, 0.717) is 5.88 Å². The Morgan fingerprint density at radius 1 is 1.24 bits per heavy atom. The third-order valence-electron chi connectivity index (χ3n) is 3.16. The van der Waals surface area contributed by atoms with E-state index in [0.717, 1.165) is 10.9 Å². The second kappa shape index (κ2) is 4.98. The van der Waals surface area contributed by atoms with Gasteiger partial charge in [0.15, 0.2) is 5.16 Å². The summed E-state index contributed by atoms with van der Waals surface area (Å²) in [6.45, 7) is 13.1. The SMILES string of the molecule is CSc1nc(C)cc(O[Si](C)(C)C(C)(C)C)n1. The van der Waals surface area contributed by atoms with E-state index in [1.54, 1.807) is 11.8 Å². The maximum Gasteiger partial charge on any atom is 0.252 e. The second-order valence-corrected chi connectivity index (χ2v) is 11.2. The molecule has 0 saturated heterocycles. The van der Waals surface area contributed by atoms with Crippen molar-refractivity contribution in [3.8, 4) is 5.88 Å². The highest BCUT2D eigenvalue weighted by Gasteiger charge is 2.39. The summed E-state index contributed by atoms with van der Waals surface area (Å²) >= 11 is 1.54. The van der Waals surface area contributed by atoms with Gasteiger partial charge in [-0.2, -0.15) is 4.98 Å². The molecule has 0 aliphatic heterocycles. The van der Waals surface area contributed by atoms with Crippen molar-refractivity contribution >= 4 is 20.1 Å². The molecule has 17 heavy (non-hydrogen) atoms. The molecule has 0 atom stereocenters. The zero-order valence-electron chi connectivity index (χ0n) is 11.8. The molecule has 0 amide bonds. The Kier molecular flexibility index (Phi) is 4.25. The predicted octanol–water partition coefficient (Wildman–Crippen LogP) is 3.89. The molecule has 0 fully saturated rings. The third-order valence-corrected chi connectivity index (χ3v) is 8.04. The van der Waals surface area contributed by atoms with Crippen molar-refractivity contribution in [1.29, 1.82) is 0 Å². The van der Waals surface area contributed by atoms with Crippen LogP contribution in [0, 0.1) is 6.92 Å². The number of thioether (sulfide) groups is 1. The smallest absolute Gasteiger partial charge is 0.252 e. The summed E-state index contributed by atoms with van der Waals surface area (Å²) < 4.78 is 6.16. The summed E-state index contributed by atoms with van der Waals surface area (Å²) in [5.41, 5.74) is 0.957. The van der Waals surface area contributed by atoms with Gasteiger partial charge in [0.05, 0.1) is 0 Å². The minimum Gasteiger partial charge on any atom is -0.531 e. The van der Waals surface area contributed by atoms with Crippen LogP contribution >= 0.6 is 11.8 Å². The molecule has 0 aromatic carbocycles. The lowest BCUT2D eigenvalue weighted by Gasteiger charge is -2.35. The number of rotatable bonds is 3. The largest absolute Gasteiger partial charge is 0.531 e. The minimum absolute atomic E-state index is 0.186. The maximum atomic E-state index is 6.16. The lowest BCUT2D eigenvalue weighted by Crippen LogP contribution is -2.44. The molecule has 0 aliphatic rings. The van der Waals surface area contributed by atoms with Crippen molar-refractivity contribution in [2.24, 2.45) is 0 Å². The van der Waals surface area contributed by atoms with Crippen molar-refractivity contribution in [1.82, 2.24) is 9.97 Å². The van der Waals surface area contributed by atoms with Crippen molar-refractivity contribution in [2.75, 3.05) is 6.26 Å². The summed E-state index contributed by atoms with van der Waals surface area (Å²) in [4.78, 5) is 8.75. The van der Waals surface area contributed by atoms with E-state index in [4.69, 9.17) is 4.43 Å². The van der Waals surface area contributed by atoms with Crippen molar-refractivity contribution < 1.29 is 4.43 Å². The Bertz CT molecular complexity index is 402. The molecule has 0 aliphatic carbocycles. The molecule has 0 bridgehead atoms. The van der Waals surface area contributed by atoms with Crippen LogP contribution in [0.15, 0.2) is 11.2 Å². The van der Waals surface area contributed by atoms with Gasteiger partial charge in [0.2, 0.25) is 5.88 Å². The van der Waals surface area contributed by atoms with Crippen LogP contribution < -0.4 is 4.43 Å². The molecule has 0 spiro atoms. The van der Waals surface area contributed by atoms with Gasteiger partial charge in [-0.25, -0.2) is 4.98 Å². The standard InChI is InChI=1S/C12H22N2OSSi/c1-9-8-10(14-11(13-9)16-5)15-17(6,7)12(2,3)4/h8H,1-7H3. The van der Waals surface area contributed by atoms with E-state index in [1.165, 1.54) is 0 Å². The molecule has 1 rings (SSSR count). The van der Waals surface area contributed by atoms with Crippen LogP contribution in [0.2, 0.25) is 18.1 Å². The Hall–Kier alpha value is -0.553. The van der Waals surface area contributed by atoms with Gasteiger partial charge in [-0.3, -0.25) is 0 Å². The third kappa shape index (κ3) is 3.71. The molecule has 96 valence electrons. The van der Waals surface area contributed by atoms with E-state index in [1.807, 2.05) is 19.2 Å². The molecule has 3 nitrogen and oxygen atoms in total. The number of aryl methyl sites for hydroxylation is 1. The number of aromatic nitrogens is 2. The fourth-order valence-corrected chi connectivity index (χ4v) is 2.42. The molecule has 1 aromatic rings. The molecular weight excluding hydrogens is 248 g/mol. The van der Waals surface area contributed by atoms with E-state index in [9.17, 15) is 0 Å². The first-order valence-corrected chi connectivity index (χ1v) is 9.88. The van der Waals surface area contributed by atoms with E-state index in [2.05, 4.69) is 43.8 Å². The first kappa shape index (κ1) is 14.5. The quantitative estimate of drug-likeness (QED) is 0.474. The van der Waals surface area contributed by atoms with Gasteiger partial charge in [0.1, 0.15) is 0 Å². The molecule has 0 radical (unpaired) electrons. The number of hydrogen-bond acceptors (Lipinski definition) is 4. The van der Waals surface area contributed by atoms with Crippen molar-refractivity contribution in [3.05, 3.63) is 11.8 Å². The summed E-state index contributed by atoms with van der Waals surface area (Å²) in [7, 11) is -1.80. The Morgan fingerprint density at radius 2 is 1.82 bits per heavy atom. The average Bonchev–Trinajstić information content (AvgIpc) is 2.14. The van der Waals surface area contributed by atoms with Gasteiger partial charge in [-0.1, -0.05) is 32.5 Å². The van der Waals surface area contributed by atoms with Gasteiger partial charge in [0.25, 0.3) is 8.32 Å². The average molecular weight is 270 g/mol. The molecule has 5 heteroatoms. The zero-order chi connectivity index (χ0) is 13.3. The fourth-order valence-electron chi connectivity index (χ4n) is 1.07.